The molecule has 1 aromatic carbocycles. The number of furan rings is 1. The van der Waals surface area contributed by atoms with Gasteiger partial charge in [0.1, 0.15) is 12.3 Å². The van der Waals surface area contributed by atoms with E-state index in [1.165, 1.54) is 16.5 Å². The lowest BCUT2D eigenvalue weighted by atomic mass is 10.1. The summed E-state index contributed by atoms with van der Waals surface area (Å²) in [6, 6.07) is 12.2. The molecule has 2 heterocycles. The normalized spacial score (nSPS) is 11.8. The highest BCUT2D eigenvalue weighted by molar-refractivity contribution is 5.83. The number of aromatic amines is 1. The molecule has 0 unspecified atom stereocenters. The van der Waals surface area contributed by atoms with Crippen LogP contribution in [0.25, 0.3) is 10.9 Å². The van der Waals surface area contributed by atoms with Gasteiger partial charge in [0.2, 0.25) is 0 Å². The second-order valence-electron chi connectivity index (χ2n) is 5.31. The summed E-state index contributed by atoms with van der Waals surface area (Å²) in [4.78, 5) is 7.84. The van der Waals surface area contributed by atoms with Crippen molar-refractivity contribution in [2.45, 2.75) is 19.9 Å². The van der Waals surface area contributed by atoms with E-state index in [9.17, 15) is 0 Å². The Labute approximate surface area is 135 Å². The number of para-hydroxylation sites is 1. The summed E-state index contributed by atoms with van der Waals surface area (Å²) >= 11 is 0. The molecule has 5 nitrogen and oxygen atoms in total. The number of guanidine groups is 1. The Bertz CT molecular complexity index is 758. The minimum atomic E-state index is 0.537. The average molecular weight is 310 g/mol. The molecular formula is C18H22N4O. The number of nitrogens with one attached hydrogen (secondary N) is 3. The van der Waals surface area contributed by atoms with Crippen molar-refractivity contribution < 1.29 is 4.42 Å². The van der Waals surface area contributed by atoms with E-state index in [1.807, 2.05) is 18.2 Å². The fourth-order valence-electron chi connectivity index (χ4n) is 2.56. The Morgan fingerprint density at radius 1 is 1.17 bits per heavy atom. The first kappa shape index (κ1) is 15.2. The maximum atomic E-state index is 5.31. The number of rotatable bonds is 6. The lowest BCUT2D eigenvalue weighted by molar-refractivity contribution is 0.512. The molecular weight excluding hydrogens is 288 g/mol. The third-order valence-corrected chi connectivity index (χ3v) is 3.68. The lowest BCUT2D eigenvalue weighted by Crippen LogP contribution is -2.38. The van der Waals surface area contributed by atoms with Gasteiger partial charge in [-0.2, -0.15) is 0 Å². The second-order valence-corrected chi connectivity index (χ2v) is 5.31. The molecule has 3 N–H and O–H groups in total. The van der Waals surface area contributed by atoms with Gasteiger partial charge in [-0.15, -0.1) is 0 Å². The van der Waals surface area contributed by atoms with Gasteiger partial charge in [0.05, 0.1) is 6.26 Å². The van der Waals surface area contributed by atoms with Gasteiger partial charge in [-0.1, -0.05) is 18.2 Å². The van der Waals surface area contributed by atoms with Crippen LogP contribution in [0.1, 0.15) is 18.2 Å². The summed E-state index contributed by atoms with van der Waals surface area (Å²) in [5.41, 5.74) is 2.50. The van der Waals surface area contributed by atoms with Crippen molar-refractivity contribution in [3.05, 3.63) is 60.2 Å². The summed E-state index contributed by atoms with van der Waals surface area (Å²) in [7, 11) is 0. The van der Waals surface area contributed by atoms with Crippen molar-refractivity contribution in [3.8, 4) is 0 Å². The van der Waals surface area contributed by atoms with Crippen molar-refractivity contribution in [3.63, 3.8) is 0 Å². The van der Waals surface area contributed by atoms with Crippen LogP contribution in [0.5, 0.6) is 0 Å². The van der Waals surface area contributed by atoms with E-state index >= 15 is 0 Å². The molecule has 3 aromatic rings. The Morgan fingerprint density at radius 2 is 2.09 bits per heavy atom. The van der Waals surface area contributed by atoms with Gasteiger partial charge in [0.25, 0.3) is 0 Å². The number of benzene rings is 1. The van der Waals surface area contributed by atoms with E-state index < -0.39 is 0 Å². The smallest absolute Gasteiger partial charge is 0.191 e. The summed E-state index contributed by atoms with van der Waals surface area (Å²) in [6.07, 6.45) is 4.69. The monoisotopic (exact) mass is 310 g/mol. The van der Waals surface area contributed by atoms with Crippen LogP contribution in [0.4, 0.5) is 0 Å². The molecule has 3 rings (SSSR count). The average Bonchev–Trinajstić information content (AvgIpc) is 3.22. The summed E-state index contributed by atoms with van der Waals surface area (Å²) < 4.78 is 5.31. The molecule has 0 atom stereocenters. The largest absolute Gasteiger partial charge is 0.467 e. The van der Waals surface area contributed by atoms with Crippen molar-refractivity contribution in [1.29, 1.82) is 0 Å². The van der Waals surface area contributed by atoms with E-state index in [0.717, 1.165) is 31.2 Å². The number of fused-ring (bicyclic) bond motifs is 1. The van der Waals surface area contributed by atoms with Crippen molar-refractivity contribution in [1.82, 2.24) is 15.6 Å². The molecule has 0 fully saturated rings. The number of hydrogen-bond donors (Lipinski definition) is 3. The van der Waals surface area contributed by atoms with Crippen molar-refractivity contribution in [2.24, 2.45) is 4.99 Å². The van der Waals surface area contributed by atoms with Gasteiger partial charge in [0.15, 0.2) is 5.96 Å². The highest BCUT2D eigenvalue weighted by Crippen LogP contribution is 2.17. The highest BCUT2D eigenvalue weighted by atomic mass is 16.3. The second kappa shape index (κ2) is 7.54. The van der Waals surface area contributed by atoms with Crippen LogP contribution in [-0.2, 0) is 13.0 Å². The van der Waals surface area contributed by atoms with Crippen LogP contribution in [0.3, 0.4) is 0 Å². The van der Waals surface area contributed by atoms with Crippen LogP contribution < -0.4 is 10.6 Å². The van der Waals surface area contributed by atoms with Gasteiger partial charge in [0, 0.05) is 30.2 Å². The molecule has 0 radical (unpaired) electrons. The van der Waals surface area contributed by atoms with E-state index in [4.69, 9.17) is 4.42 Å². The Kier molecular flexibility index (Phi) is 4.99. The summed E-state index contributed by atoms with van der Waals surface area (Å²) in [5.74, 6) is 1.67. The summed E-state index contributed by atoms with van der Waals surface area (Å²) in [5, 5.41) is 7.91. The Hall–Kier alpha value is -2.69. The molecule has 5 heteroatoms. The first-order valence-electron chi connectivity index (χ1n) is 7.96. The van der Waals surface area contributed by atoms with Crippen molar-refractivity contribution >= 4 is 16.9 Å². The van der Waals surface area contributed by atoms with Gasteiger partial charge >= 0.3 is 0 Å². The molecule has 2 aromatic heterocycles. The first-order valence-corrected chi connectivity index (χ1v) is 7.96. The fraction of sp³-hybridized carbons (Fsp3) is 0.278. The van der Waals surface area contributed by atoms with Gasteiger partial charge < -0.3 is 20.0 Å². The maximum absolute atomic E-state index is 5.31. The van der Waals surface area contributed by atoms with Gasteiger partial charge in [-0.3, -0.25) is 0 Å². The fourth-order valence-corrected chi connectivity index (χ4v) is 2.56. The lowest BCUT2D eigenvalue weighted by Gasteiger charge is -2.10. The SMILES string of the molecule is CCNC(=NCc1ccco1)NCCc1c[nH]c2ccccc12. The van der Waals surface area contributed by atoms with Crippen molar-refractivity contribution in [2.75, 3.05) is 13.1 Å². The minimum Gasteiger partial charge on any atom is -0.467 e. The zero-order chi connectivity index (χ0) is 15.9. The van der Waals surface area contributed by atoms with Gasteiger partial charge in [-0.05, 0) is 37.1 Å². The maximum Gasteiger partial charge on any atom is 0.191 e. The molecule has 0 aliphatic heterocycles. The topological polar surface area (TPSA) is 65.3 Å². The molecule has 0 saturated heterocycles. The van der Waals surface area contributed by atoms with Gasteiger partial charge in [-0.25, -0.2) is 4.99 Å². The number of aliphatic imine (C=N–C) groups is 1. The third kappa shape index (κ3) is 3.94. The molecule has 23 heavy (non-hydrogen) atoms. The number of H-pyrrole nitrogens is 1. The van der Waals surface area contributed by atoms with Crippen LogP contribution in [0.2, 0.25) is 0 Å². The standard InChI is InChI=1S/C18H22N4O/c1-2-19-18(22-13-15-6-5-11-23-15)20-10-9-14-12-21-17-8-4-3-7-16(14)17/h3-8,11-12,21H,2,9-10,13H2,1H3,(H2,19,20,22). The highest BCUT2D eigenvalue weighted by Gasteiger charge is 2.03. The zero-order valence-corrected chi connectivity index (χ0v) is 13.3. The zero-order valence-electron chi connectivity index (χ0n) is 13.3. The quantitative estimate of drug-likeness (QED) is 0.484. The first-order chi connectivity index (χ1) is 11.4. The molecule has 0 bridgehead atoms. The molecule has 0 amide bonds. The van der Waals surface area contributed by atoms with Crippen LogP contribution in [0.15, 0.2) is 58.3 Å². The molecule has 0 aliphatic rings. The predicted octanol–water partition coefficient (Wildman–Crippen LogP) is 3.06. The van der Waals surface area contributed by atoms with Crippen LogP contribution in [-0.4, -0.2) is 24.0 Å². The Morgan fingerprint density at radius 3 is 2.91 bits per heavy atom. The van der Waals surface area contributed by atoms with Crippen LogP contribution in [0, 0.1) is 0 Å². The molecule has 120 valence electrons. The number of nitrogens with zero attached hydrogens (tertiary/aromatic N) is 1. The molecule has 0 aliphatic carbocycles. The van der Waals surface area contributed by atoms with E-state index in [0.29, 0.717) is 6.54 Å². The van der Waals surface area contributed by atoms with E-state index in [1.54, 1.807) is 6.26 Å². The minimum absolute atomic E-state index is 0.537. The molecule has 0 saturated carbocycles. The predicted molar refractivity (Wildman–Crippen MR) is 93.5 cm³/mol. The number of aromatic nitrogens is 1. The third-order valence-electron chi connectivity index (χ3n) is 3.68. The van der Waals surface area contributed by atoms with E-state index in [2.05, 4.69) is 51.9 Å². The molecule has 0 spiro atoms. The number of hydrogen-bond acceptors (Lipinski definition) is 2. The summed E-state index contributed by atoms with van der Waals surface area (Å²) in [6.45, 7) is 4.25. The Balaban J connectivity index is 1.57. The van der Waals surface area contributed by atoms with E-state index in [-0.39, 0.29) is 0 Å². The van der Waals surface area contributed by atoms with Crippen LogP contribution >= 0.6 is 0 Å².